The molecule has 14 heavy (non-hydrogen) atoms. The standard InChI is InChI=1S/C12H19ClSi/c1-10(9-14-11(2)13)8-12-6-4-3-5-7-12/h3-7,10-11H,8-9,14H2,1-2H3. The van der Waals surface area contributed by atoms with Crippen LogP contribution in [0.5, 0.6) is 0 Å². The van der Waals surface area contributed by atoms with E-state index in [4.69, 9.17) is 11.6 Å². The van der Waals surface area contributed by atoms with E-state index in [0.29, 0.717) is 5.00 Å². The lowest BCUT2D eigenvalue weighted by Crippen LogP contribution is -2.10. The van der Waals surface area contributed by atoms with E-state index in [1.165, 1.54) is 18.0 Å². The van der Waals surface area contributed by atoms with Crippen LogP contribution in [-0.4, -0.2) is 14.5 Å². The molecule has 0 N–H and O–H groups in total. The lowest BCUT2D eigenvalue weighted by atomic mass is 10.0. The van der Waals surface area contributed by atoms with Crippen LogP contribution in [0.4, 0.5) is 0 Å². The predicted octanol–water partition coefficient (Wildman–Crippen LogP) is 3.04. The summed E-state index contributed by atoms with van der Waals surface area (Å²) >= 11 is 5.99. The molecule has 0 radical (unpaired) electrons. The van der Waals surface area contributed by atoms with Gasteiger partial charge in [0.2, 0.25) is 0 Å². The summed E-state index contributed by atoms with van der Waals surface area (Å²) in [5.74, 6) is 0.797. The van der Waals surface area contributed by atoms with Gasteiger partial charge in [0, 0.05) is 14.5 Å². The van der Waals surface area contributed by atoms with E-state index in [1.54, 1.807) is 0 Å². The number of rotatable bonds is 5. The van der Waals surface area contributed by atoms with Crippen LogP contribution >= 0.6 is 11.6 Å². The second-order valence-corrected chi connectivity index (χ2v) is 7.80. The summed E-state index contributed by atoms with van der Waals surface area (Å²) in [7, 11) is -0.0518. The maximum absolute atomic E-state index is 5.99. The molecule has 0 spiro atoms. The van der Waals surface area contributed by atoms with Crippen LogP contribution in [0.2, 0.25) is 6.04 Å². The first-order chi connectivity index (χ1) is 6.68. The van der Waals surface area contributed by atoms with Crippen molar-refractivity contribution >= 4 is 21.1 Å². The summed E-state index contributed by atoms with van der Waals surface area (Å²) in [6.45, 7) is 4.46. The Hall–Kier alpha value is -0.273. The SMILES string of the molecule is CC(C[SiH2]C(C)Cl)Cc1ccccc1. The maximum Gasteiger partial charge on any atom is 0.0417 e. The largest absolute Gasteiger partial charge is 0.128 e. The Morgan fingerprint density at radius 3 is 2.43 bits per heavy atom. The lowest BCUT2D eigenvalue weighted by molar-refractivity contribution is 0.642. The van der Waals surface area contributed by atoms with Crippen molar-refractivity contribution in [3.8, 4) is 0 Å². The van der Waals surface area contributed by atoms with Gasteiger partial charge in [-0.1, -0.05) is 50.2 Å². The van der Waals surface area contributed by atoms with Gasteiger partial charge in [-0.3, -0.25) is 0 Å². The predicted molar refractivity (Wildman–Crippen MR) is 68.0 cm³/mol. The van der Waals surface area contributed by atoms with Gasteiger partial charge >= 0.3 is 0 Å². The Morgan fingerprint density at radius 2 is 1.86 bits per heavy atom. The zero-order valence-corrected chi connectivity index (χ0v) is 11.2. The molecule has 1 aromatic carbocycles. The average Bonchev–Trinajstić information content (AvgIpc) is 2.16. The van der Waals surface area contributed by atoms with Crippen LogP contribution in [0.1, 0.15) is 19.4 Å². The molecule has 1 aromatic rings. The number of hydrogen-bond acceptors (Lipinski definition) is 0. The van der Waals surface area contributed by atoms with E-state index in [1.807, 2.05) is 0 Å². The van der Waals surface area contributed by atoms with Crippen LogP contribution in [0.25, 0.3) is 0 Å². The van der Waals surface area contributed by atoms with Gasteiger partial charge < -0.3 is 0 Å². The quantitative estimate of drug-likeness (QED) is 0.535. The van der Waals surface area contributed by atoms with Crippen molar-refractivity contribution in [3.63, 3.8) is 0 Å². The van der Waals surface area contributed by atoms with Crippen LogP contribution in [-0.2, 0) is 6.42 Å². The molecule has 0 saturated heterocycles. The molecule has 0 aliphatic carbocycles. The van der Waals surface area contributed by atoms with Crippen LogP contribution in [0.15, 0.2) is 30.3 Å². The Labute approximate surface area is 94.5 Å². The smallest absolute Gasteiger partial charge is 0.0417 e. The Balaban J connectivity index is 2.30. The van der Waals surface area contributed by atoms with E-state index >= 15 is 0 Å². The lowest BCUT2D eigenvalue weighted by Gasteiger charge is -2.11. The van der Waals surface area contributed by atoms with E-state index in [9.17, 15) is 0 Å². The van der Waals surface area contributed by atoms with Crippen LogP contribution < -0.4 is 0 Å². The summed E-state index contributed by atoms with van der Waals surface area (Å²) in [6.07, 6.45) is 1.21. The van der Waals surface area contributed by atoms with Gasteiger partial charge in [-0.05, 0) is 17.9 Å². The second-order valence-electron chi connectivity index (χ2n) is 4.15. The van der Waals surface area contributed by atoms with Crippen molar-refractivity contribution < 1.29 is 0 Å². The zero-order valence-electron chi connectivity index (χ0n) is 9.04. The minimum atomic E-state index is -0.0518. The minimum Gasteiger partial charge on any atom is -0.128 e. The van der Waals surface area contributed by atoms with Gasteiger partial charge in [-0.15, -0.1) is 11.6 Å². The molecule has 78 valence electrons. The monoisotopic (exact) mass is 226 g/mol. The average molecular weight is 227 g/mol. The highest BCUT2D eigenvalue weighted by molar-refractivity contribution is 6.52. The molecule has 2 unspecified atom stereocenters. The Bertz CT molecular complexity index is 246. The van der Waals surface area contributed by atoms with E-state index < -0.39 is 0 Å². The van der Waals surface area contributed by atoms with Gasteiger partial charge in [0.15, 0.2) is 0 Å². The molecule has 1 rings (SSSR count). The van der Waals surface area contributed by atoms with E-state index in [-0.39, 0.29) is 9.52 Å². The van der Waals surface area contributed by atoms with E-state index in [2.05, 4.69) is 44.2 Å². The molecule has 0 amide bonds. The Morgan fingerprint density at radius 1 is 1.21 bits per heavy atom. The normalized spacial score (nSPS) is 15.9. The van der Waals surface area contributed by atoms with Crippen LogP contribution in [0, 0.1) is 5.92 Å². The highest BCUT2D eigenvalue weighted by Gasteiger charge is 2.05. The summed E-state index contributed by atoms with van der Waals surface area (Å²) in [5, 5.41) is 0.452. The van der Waals surface area contributed by atoms with Crippen molar-refractivity contribution in [2.24, 2.45) is 5.92 Å². The fourth-order valence-electron chi connectivity index (χ4n) is 1.63. The van der Waals surface area contributed by atoms with Crippen molar-refractivity contribution in [2.45, 2.75) is 31.3 Å². The molecule has 0 bridgehead atoms. The molecule has 0 nitrogen and oxygen atoms in total. The molecule has 0 heterocycles. The van der Waals surface area contributed by atoms with Gasteiger partial charge in [-0.25, -0.2) is 0 Å². The molecule has 2 heteroatoms. The zero-order chi connectivity index (χ0) is 10.4. The van der Waals surface area contributed by atoms with Gasteiger partial charge in [-0.2, -0.15) is 0 Å². The second kappa shape index (κ2) is 6.26. The van der Waals surface area contributed by atoms with Crippen molar-refractivity contribution in [1.29, 1.82) is 0 Å². The minimum absolute atomic E-state index is 0.0518. The third-order valence-electron chi connectivity index (χ3n) is 2.48. The fraction of sp³-hybridized carbons (Fsp3) is 0.500. The third kappa shape index (κ3) is 4.82. The first-order valence-electron chi connectivity index (χ1n) is 5.36. The van der Waals surface area contributed by atoms with Crippen molar-refractivity contribution in [2.75, 3.05) is 0 Å². The fourth-order valence-corrected chi connectivity index (χ4v) is 3.24. The molecule has 0 aliphatic heterocycles. The molecule has 0 fully saturated rings. The summed E-state index contributed by atoms with van der Waals surface area (Å²) in [5.41, 5.74) is 1.45. The number of hydrogen-bond donors (Lipinski definition) is 0. The first-order valence-corrected chi connectivity index (χ1v) is 7.61. The summed E-state index contributed by atoms with van der Waals surface area (Å²) in [4.78, 5) is 0. The maximum atomic E-state index is 5.99. The van der Waals surface area contributed by atoms with Crippen LogP contribution in [0.3, 0.4) is 0 Å². The number of halogens is 1. The Kier molecular flexibility index (Phi) is 5.27. The highest BCUT2D eigenvalue weighted by Crippen LogP contribution is 2.12. The first kappa shape index (κ1) is 11.8. The summed E-state index contributed by atoms with van der Waals surface area (Å²) < 4.78 is 0. The van der Waals surface area contributed by atoms with Gasteiger partial charge in [0.1, 0.15) is 0 Å². The number of alkyl halides is 1. The van der Waals surface area contributed by atoms with Gasteiger partial charge in [0.25, 0.3) is 0 Å². The topological polar surface area (TPSA) is 0 Å². The summed E-state index contributed by atoms with van der Waals surface area (Å²) in [6, 6.07) is 12.1. The number of benzene rings is 1. The third-order valence-corrected chi connectivity index (χ3v) is 5.25. The molecular formula is C12H19ClSi. The van der Waals surface area contributed by atoms with E-state index in [0.717, 1.165) is 5.92 Å². The molecule has 0 aromatic heterocycles. The van der Waals surface area contributed by atoms with Crippen molar-refractivity contribution in [3.05, 3.63) is 35.9 Å². The molecule has 0 saturated carbocycles. The highest BCUT2D eigenvalue weighted by atomic mass is 35.5. The molecule has 2 atom stereocenters. The van der Waals surface area contributed by atoms with Crippen molar-refractivity contribution in [1.82, 2.24) is 0 Å². The van der Waals surface area contributed by atoms with Gasteiger partial charge in [0.05, 0.1) is 0 Å². The molecular weight excluding hydrogens is 208 g/mol. The molecule has 0 aliphatic rings.